The number of nitrogens with zero attached hydrogens (tertiary/aromatic N) is 6. The zero-order valence-electron chi connectivity index (χ0n) is 16.5. The molecule has 1 saturated heterocycles. The molecule has 3 heterocycles. The Kier molecular flexibility index (Phi) is 5.84. The second-order valence-electron chi connectivity index (χ2n) is 7.17. The topological polar surface area (TPSA) is 76.4 Å². The summed E-state index contributed by atoms with van der Waals surface area (Å²) in [4.78, 5) is 28.4. The third-order valence-corrected chi connectivity index (χ3v) is 5.08. The van der Waals surface area contributed by atoms with Crippen molar-refractivity contribution in [2.45, 2.75) is 13.0 Å². The lowest BCUT2D eigenvalue weighted by Crippen LogP contribution is -2.46. The van der Waals surface area contributed by atoms with Gasteiger partial charge in [0.15, 0.2) is 6.61 Å². The first-order valence-electron chi connectivity index (χ1n) is 9.64. The van der Waals surface area contributed by atoms with E-state index in [1.807, 2.05) is 18.2 Å². The molecule has 0 aliphatic carbocycles. The van der Waals surface area contributed by atoms with E-state index in [1.165, 1.54) is 17.1 Å². The average Bonchev–Trinajstić information content (AvgIpc) is 2.75. The Morgan fingerprint density at radius 3 is 2.67 bits per heavy atom. The van der Waals surface area contributed by atoms with Gasteiger partial charge in [0.05, 0.1) is 22.8 Å². The number of piperazine rings is 1. The summed E-state index contributed by atoms with van der Waals surface area (Å²) in [7, 11) is 1.72. The van der Waals surface area contributed by atoms with Crippen molar-refractivity contribution in [1.82, 2.24) is 24.4 Å². The second kappa shape index (κ2) is 8.70. The van der Waals surface area contributed by atoms with E-state index in [2.05, 4.69) is 24.8 Å². The van der Waals surface area contributed by atoms with Gasteiger partial charge in [-0.15, -0.1) is 0 Å². The molecule has 3 aromatic rings. The van der Waals surface area contributed by atoms with Gasteiger partial charge in [-0.05, 0) is 18.2 Å². The molecule has 1 aliphatic rings. The maximum absolute atomic E-state index is 12.5. The first-order chi connectivity index (χ1) is 14.5. The van der Waals surface area contributed by atoms with E-state index in [9.17, 15) is 13.6 Å². The third kappa shape index (κ3) is 4.54. The maximum Gasteiger partial charge on any atom is 0.272 e. The highest BCUT2D eigenvalue weighted by Gasteiger charge is 2.19. The maximum atomic E-state index is 12.5. The highest BCUT2D eigenvalue weighted by Crippen LogP contribution is 2.27. The van der Waals surface area contributed by atoms with E-state index in [4.69, 9.17) is 4.74 Å². The van der Waals surface area contributed by atoms with Crippen LogP contribution in [0, 0.1) is 0 Å². The molecular weight excluding hydrogens is 394 g/mol. The van der Waals surface area contributed by atoms with Crippen molar-refractivity contribution < 1.29 is 13.5 Å². The number of aryl methyl sites for hydroxylation is 1. The monoisotopic (exact) mass is 416 g/mol. The van der Waals surface area contributed by atoms with Gasteiger partial charge in [0, 0.05) is 51.7 Å². The molecule has 0 saturated carbocycles. The Labute approximate surface area is 171 Å². The van der Waals surface area contributed by atoms with E-state index in [-0.39, 0.29) is 11.4 Å². The van der Waals surface area contributed by atoms with Crippen LogP contribution in [0.5, 0.6) is 5.88 Å². The summed E-state index contributed by atoms with van der Waals surface area (Å²) < 4.78 is 31.7. The van der Waals surface area contributed by atoms with Crippen LogP contribution in [0.3, 0.4) is 0 Å². The van der Waals surface area contributed by atoms with Gasteiger partial charge in [0.25, 0.3) is 12.0 Å². The summed E-state index contributed by atoms with van der Waals surface area (Å²) in [6, 6.07) is 5.71. The number of hydrogen-bond acceptors (Lipinski definition) is 7. The Morgan fingerprint density at radius 1 is 1.13 bits per heavy atom. The third-order valence-electron chi connectivity index (χ3n) is 5.08. The van der Waals surface area contributed by atoms with E-state index >= 15 is 0 Å². The van der Waals surface area contributed by atoms with Crippen LogP contribution in [0.1, 0.15) is 5.69 Å². The lowest BCUT2D eigenvalue weighted by atomic mass is 10.2. The van der Waals surface area contributed by atoms with Crippen LogP contribution in [-0.2, 0) is 13.6 Å². The molecule has 10 heteroatoms. The van der Waals surface area contributed by atoms with Gasteiger partial charge >= 0.3 is 0 Å². The predicted octanol–water partition coefficient (Wildman–Crippen LogP) is 1.69. The van der Waals surface area contributed by atoms with Crippen molar-refractivity contribution in [1.29, 1.82) is 0 Å². The van der Waals surface area contributed by atoms with Gasteiger partial charge in [-0.3, -0.25) is 14.7 Å². The Bertz CT molecular complexity index is 1080. The fourth-order valence-corrected chi connectivity index (χ4v) is 3.50. The molecule has 4 rings (SSSR count). The number of ether oxygens (including phenoxy) is 1. The Balaban J connectivity index is 1.44. The zero-order valence-corrected chi connectivity index (χ0v) is 16.5. The molecule has 2 aromatic heterocycles. The number of alkyl halides is 2. The molecule has 0 unspecified atom stereocenters. The van der Waals surface area contributed by atoms with E-state index < -0.39 is 13.0 Å². The van der Waals surface area contributed by atoms with Crippen molar-refractivity contribution in [3.63, 3.8) is 0 Å². The molecule has 1 fully saturated rings. The molecule has 0 bridgehead atoms. The highest BCUT2D eigenvalue weighted by atomic mass is 19.3. The van der Waals surface area contributed by atoms with Crippen LogP contribution in [0.2, 0.25) is 0 Å². The standard InChI is InChI=1S/C20H22F2N6O2/c1-26-10-14(23-9-19(26)29)11-27-4-6-28(7-5-27)15-2-3-17-16(8-15)20(25-13-24-17)30-12-18(21)22/h2-3,8-10,13,18H,4-7,11-12H2,1H3. The van der Waals surface area contributed by atoms with Crippen LogP contribution < -0.4 is 15.2 Å². The normalized spacial score (nSPS) is 15.1. The number of benzene rings is 1. The first kappa shape index (κ1) is 20.1. The molecule has 0 amide bonds. The summed E-state index contributed by atoms with van der Waals surface area (Å²) in [5.41, 5.74) is 2.35. The summed E-state index contributed by atoms with van der Waals surface area (Å²) in [5.74, 6) is 0.168. The molecule has 30 heavy (non-hydrogen) atoms. The number of halogens is 2. The number of anilines is 1. The summed E-state index contributed by atoms with van der Waals surface area (Å²) >= 11 is 0. The SMILES string of the molecule is Cn1cc(CN2CCN(c3ccc4ncnc(OCC(F)F)c4c3)CC2)ncc1=O. The molecular formula is C20H22F2N6O2. The van der Waals surface area contributed by atoms with Crippen molar-refractivity contribution in [3.8, 4) is 5.88 Å². The molecule has 1 aliphatic heterocycles. The quantitative estimate of drug-likeness (QED) is 0.605. The minimum Gasteiger partial charge on any atom is -0.471 e. The van der Waals surface area contributed by atoms with Crippen LogP contribution in [0.4, 0.5) is 14.5 Å². The summed E-state index contributed by atoms with van der Waals surface area (Å²) in [5, 5.41) is 0.618. The van der Waals surface area contributed by atoms with Crippen LogP contribution in [0.25, 0.3) is 10.9 Å². The highest BCUT2D eigenvalue weighted by molar-refractivity contribution is 5.86. The molecule has 0 N–H and O–H groups in total. The van der Waals surface area contributed by atoms with Crippen LogP contribution in [-0.4, -0.2) is 63.6 Å². The van der Waals surface area contributed by atoms with Gasteiger partial charge in [-0.1, -0.05) is 0 Å². The average molecular weight is 416 g/mol. The lowest BCUT2D eigenvalue weighted by molar-refractivity contribution is 0.0804. The number of fused-ring (bicyclic) bond motifs is 1. The minimum atomic E-state index is -2.56. The zero-order chi connectivity index (χ0) is 21.1. The largest absolute Gasteiger partial charge is 0.471 e. The number of aromatic nitrogens is 4. The van der Waals surface area contributed by atoms with E-state index in [1.54, 1.807) is 13.2 Å². The Morgan fingerprint density at radius 2 is 1.93 bits per heavy atom. The fourth-order valence-electron chi connectivity index (χ4n) is 3.50. The minimum absolute atomic E-state index is 0.124. The van der Waals surface area contributed by atoms with Crippen molar-refractivity contribution >= 4 is 16.6 Å². The summed E-state index contributed by atoms with van der Waals surface area (Å²) in [6.45, 7) is 3.26. The van der Waals surface area contributed by atoms with Crippen molar-refractivity contribution in [2.75, 3.05) is 37.7 Å². The van der Waals surface area contributed by atoms with Crippen LogP contribution >= 0.6 is 0 Å². The second-order valence-corrected chi connectivity index (χ2v) is 7.17. The number of hydrogen-bond donors (Lipinski definition) is 0. The predicted molar refractivity (Wildman–Crippen MR) is 108 cm³/mol. The Hall–Kier alpha value is -3.14. The van der Waals surface area contributed by atoms with Crippen molar-refractivity contribution in [3.05, 3.63) is 53.0 Å². The molecule has 8 nitrogen and oxygen atoms in total. The lowest BCUT2D eigenvalue weighted by Gasteiger charge is -2.36. The van der Waals surface area contributed by atoms with Gasteiger partial charge in [-0.2, -0.15) is 0 Å². The molecule has 0 spiro atoms. The van der Waals surface area contributed by atoms with Gasteiger partial charge in [0.2, 0.25) is 5.88 Å². The van der Waals surface area contributed by atoms with Gasteiger partial charge in [-0.25, -0.2) is 18.7 Å². The fraction of sp³-hybridized carbons (Fsp3) is 0.400. The summed E-state index contributed by atoms with van der Waals surface area (Å²) in [6.07, 6.45) is 1.86. The molecule has 0 radical (unpaired) electrons. The number of rotatable bonds is 6. The molecule has 1 aromatic carbocycles. The van der Waals surface area contributed by atoms with E-state index in [0.717, 1.165) is 37.6 Å². The molecule has 158 valence electrons. The van der Waals surface area contributed by atoms with Gasteiger partial charge < -0.3 is 14.2 Å². The molecule has 0 atom stereocenters. The smallest absolute Gasteiger partial charge is 0.272 e. The van der Waals surface area contributed by atoms with Gasteiger partial charge in [0.1, 0.15) is 6.33 Å². The van der Waals surface area contributed by atoms with Crippen LogP contribution in [0.15, 0.2) is 41.7 Å². The van der Waals surface area contributed by atoms with E-state index in [0.29, 0.717) is 17.4 Å². The van der Waals surface area contributed by atoms with Crippen molar-refractivity contribution in [2.24, 2.45) is 7.05 Å². The first-order valence-corrected chi connectivity index (χ1v) is 9.64.